The van der Waals surface area contributed by atoms with Crippen molar-refractivity contribution < 1.29 is 24.5 Å². The third kappa shape index (κ3) is 59.2. The molecule has 0 aromatic rings. The molecule has 0 saturated heterocycles. The number of esters is 1. The van der Waals surface area contributed by atoms with Crippen LogP contribution in [0.15, 0.2) is 36.5 Å². The van der Waals surface area contributed by atoms with Crippen LogP contribution in [0.3, 0.4) is 0 Å². The normalized spacial score (nSPS) is 12.8. The number of carbonyl (C=O) groups is 2. The molecule has 6 heteroatoms. The Morgan fingerprint density at radius 3 is 0.973 bits per heavy atom. The highest BCUT2D eigenvalue weighted by molar-refractivity contribution is 5.76. The van der Waals surface area contributed by atoms with Crippen LogP contribution in [0.5, 0.6) is 0 Å². The van der Waals surface area contributed by atoms with Crippen LogP contribution < -0.4 is 5.32 Å². The standard InChI is InChI=1S/C67H127NO5/c1-3-5-7-9-11-13-15-17-18-29-33-37-41-45-49-53-57-61-67(72)73-62-58-54-50-46-42-38-34-31-28-26-24-22-20-19-21-23-25-27-30-32-36-40-44-48-52-56-60-66(71)68-64(63-69)65(70)59-55-51-47-43-39-35-16-14-12-10-8-6-4-2/h17-19,21,55,59,64-65,69-70H,3-16,20,22-54,56-58,60-63H2,1-2H3,(H,68,71)/b18-17-,21-19-,59-55+. The Hall–Kier alpha value is -1.92. The lowest BCUT2D eigenvalue weighted by molar-refractivity contribution is -0.143. The zero-order valence-corrected chi connectivity index (χ0v) is 49.1. The molecule has 0 rings (SSSR count). The number of ether oxygens (including phenoxy) is 1. The van der Waals surface area contributed by atoms with E-state index in [2.05, 4.69) is 43.5 Å². The van der Waals surface area contributed by atoms with Crippen LogP contribution in [0.2, 0.25) is 0 Å². The summed E-state index contributed by atoms with van der Waals surface area (Å²) >= 11 is 0. The van der Waals surface area contributed by atoms with Crippen molar-refractivity contribution in [3.63, 3.8) is 0 Å². The van der Waals surface area contributed by atoms with Crippen molar-refractivity contribution in [3.05, 3.63) is 36.5 Å². The number of hydrogen-bond donors (Lipinski definition) is 3. The minimum Gasteiger partial charge on any atom is -0.466 e. The maximum Gasteiger partial charge on any atom is 0.305 e. The number of allylic oxidation sites excluding steroid dienone is 5. The second-order valence-electron chi connectivity index (χ2n) is 22.4. The lowest BCUT2D eigenvalue weighted by Gasteiger charge is -2.20. The van der Waals surface area contributed by atoms with E-state index in [1.54, 1.807) is 6.08 Å². The molecular weight excluding hydrogens is 899 g/mol. The number of nitrogens with one attached hydrogen (secondary N) is 1. The highest BCUT2D eigenvalue weighted by Crippen LogP contribution is 2.17. The van der Waals surface area contributed by atoms with Crippen molar-refractivity contribution in [2.45, 2.75) is 366 Å². The van der Waals surface area contributed by atoms with Crippen molar-refractivity contribution in [2.75, 3.05) is 13.2 Å². The van der Waals surface area contributed by atoms with Crippen molar-refractivity contribution >= 4 is 11.9 Å². The Balaban J connectivity index is 3.39. The summed E-state index contributed by atoms with van der Waals surface area (Å²) in [4.78, 5) is 24.5. The molecule has 0 saturated carbocycles. The molecule has 2 atom stereocenters. The van der Waals surface area contributed by atoms with Gasteiger partial charge in [-0.3, -0.25) is 9.59 Å². The van der Waals surface area contributed by atoms with E-state index in [0.717, 1.165) is 44.9 Å². The number of rotatable bonds is 61. The van der Waals surface area contributed by atoms with Gasteiger partial charge in [-0.2, -0.15) is 0 Å². The molecule has 0 aliphatic heterocycles. The summed E-state index contributed by atoms with van der Waals surface area (Å²) in [5.41, 5.74) is 0. The Morgan fingerprint density at radius 2 is 0.644 bits per heavy atom. The van der Waals surface area contributed by atoms with Crippen LogP contribution in [-0.4, -0.2) is 47.4 Å². The quantitative estimate of drug-likeness (QED) is 0.0320. The van der Waals surface area contributed by atoms with Crippen LogP contribution in [0, 0.1) is 0 Å². The van der Waals surface area contributed by atoms with E-state index in [1.165, 1.54) is 283 Å². The van der Waals surface area contributed by atoms with Gasteiger partial charge < -0.3 is 20.3 Å². The largest absolute Gasteiger partial charge is 0.466 e. The van der Waals surface area contributed by atoms with Gasteiger partial charge in [0, 0.05) is 12.8 Å². The molecule has 0 spiro atoms. The predicted molar refractivity (Wildman–Crippen MR) is 319 cm³/mol. The highest BCUT2D eigenvalue weighted by atomic mass is 16.5. The van der Waals surface area contributed by atoms with E-state index in [9.17, 15) is 19.8 Å². The first-order valence-electron chi connectivity index (χ1n) is 32.8. The Kier molecular flexibility index (Phi) is 61.0. The molecule has 0 aromatic carbocycles. The maximum absolute atomic E-state index is 12.5. The monoisotopic (exact) mass is 1030 g/mol. The summed E-state index contributed by atoms with van der Waals surface area (Å²) in [5.74, 6) is -0.0586. The zero-order chi connectivity index (χ0) is 52.9. The smallest absolute Gasteiger partial charge is 0.305 e. The van der Waals surface area contributed by atoms with E-state index in [1.807, 2.05) is 6.08 Å². The summed E-state index contributed by atoms with van der Waals surface area (Å²) in [6.07, 6.45) is 79.2. The van der Waals surface area contributed by atoms with E-state index in [4.69, 9.17) is 4.74 Å². The van der Waals surface area contributed by atoms with Crippen LogP contribution >= 0.6 is 0 Å². The molecule has 6 nitrogen and oxygen atoms in total. The number of carbonyl (C=O) groups excluding carboxylic acids is 2. The van der Waals surface area contributed by atoms with Gasteiger partial charge in [0.15, 0.2) is 0 Å². The van der Waals surface area contributed by atoms with Crippen LogP contribution in [0.25, 0.3) is 0 Å². The fraction of sp³-hybridized carbons (Fsp3) is 0.881. The highest BCUT2D eigenvalue weighted by Gasteiger charge is 2.18. The van der Waals surface area contributed by atoms with Crippen molar-refractivity contribution in [3.8, 4) is 0 Å². The molecule has 3 N–H and O–H groups in total. The summed E-state index contributed by atoms with van der Waals surface area (Å²) < 4.78 is 5.50. The minimum absolute atomic E-state index is 0.0107. The van der Waals surface area contributed by atoms with Gasteiger partial charge in [-0.1, -0.05) is 294 Å². The summed E-state index contributed by atoms with van der Waals surface area (Å²) in [6, 6.07) is -0.629. The van der Waals surface area contributed by atoms with Gasteiger partial charge in [0.05, 0.1) is 25.4 Å². The predicted octanol–water partition coefficient (Wildman–Crippen LogP) is 20.8. The molecule has 73 heavy (non-hydrogen) atoms. The van der Waals surface area contributed by atoms with Gasteiger partial charge in [0.1, 0.15) is 0 Å². The second-order valence-corrected chi connectivity index (χ2v) is 22.4. The maximum atomic E-state index is 12.5. The average molecular weight is 1030 g/mol. The summed E-state index contributed by atoms with van der Waals surface area (Å²) in [5, 5.41) is 23.1. The van der Waals surface area contributed by atoms with Gasteiger partial charge in [0.2, 0.25) is 5.91 Å². The molecule has 0 bridgehead atoms. The van der Waals surface area contributed by atoms with Gasteiger partial charge in [0.25, 0.3) is 0 Å². The molecule has 1 amide bonds. The van der Waals surface area contributed by atoms with Crippen LogP contribution in [-0.2, 0) is 14.3 Å². The van der Waals surface area contributed by atoms with Gasteiger partial charge in [-0.15, -0.1) is 0 Å². The molecule has 0 aliphatic carbocycles. The first-order valence-corrected chi connectivity index (χ1v) is 32.8. The number of amides is 1. The molecule has 0 fully saturated rings. The van der Waals surface area contributed by atoms with Crippen LogP contribution in [0.4, 0.5) is 0 Å². The topological polar surface area (TPSA) is 95.9 Å². The zero-order valence-electron chi connectivity index (χ0n) is 49.1. The van der Waals surface area contributed by atoms with Gasteiger partial charge in [-0.25, -0.2) is 0 Å². The summed E-state index contributed by atoms with van der Waals surface area (Å²) in [6.45, 7) is 4.91. The SMILES string of the molecule is CCCCCCCC/C=C\CCCCCCCCCC(=O)OCCCCCCCCCCCCCC/C=C\CCCCCCCCCCCCC(=O)NC(CO)C(O)/C=C/CCCCCCCCCCCCC. The Morgan fingerprint density at radius 1 is 0.370 bits per heavy atom. The van der Waals surface area contributed by atoms with Crippen molar-refractivity contribution in [1.29, 1.82) is 0 Å². The lowest BCUT2D eigenvalue weighted by atomic mass is 10.0. The van der Waals surface area contributed by atoms with Crippen molar-refractivity contribution in [1.82, 2.24) is 5.32 Å². The first kappa shape index (κ1) is 71.1. The average Bonchev–Trinajstić information content (AvgIpc) is 3.39. The van der Waals surface area contributed by atoms with E-state index >= 15 is 0 Å². The third-order valence-electron chi connectivity index (χ3n) is 15.1. The number of hydrogen-bond acceptors (Lipinski definition) is 5. The molecule has 2 unspecified atom stereocenters. The van der Waals surface area contributed by atoms with Gasteiger partial charge >= 0.3 is 5.97 Å². The van der Waals surface area contributed by atoms with Crippen molar-refractivity contribution in [2.24, 2.45) is 0 Å². The molecular formula is C67H127NO5. The first-order chi connectivity index (χ1) is 36.0. The molecule has 0 aliphatic rings. The lowest BCUT2D eigenvalue weighted by Crippen LogP contribution is -2.45. The molecule has 0 aromatic heterocycles. The number of unbranched alkanes of at least 4 members (excludes halogenated alkanes) is 46. The van der Waals surface area contributed by atoms with E-state index in [0.29, 0.717) is 19.4 Å². The fourth-order valence-electron chi connectivity index (χ4n) is 10.1. The molecule has 430 valence electrons. The Labute approximate surface area is 455 Å². The molecule has 0 radical (unpaired) electrons. The number of aliphatic hydroxyl groups is 2. The van der Waals surface area contributed by atoms with E-state index in [-0.39, 0.29) is 18.5 Å². The van der Waals surface area contributed by atoms with Crippen LogP contribution in [0.1, 0.15) is 354 Å². The summed E-state index contributed by atoms with van der Waals surface area (Å²) in [7, 11) is 0. The Bertz CT molecular complexity index is 1180. The number of aliphatic hydroxyl groups excluding tert-OH is 2. The van der Waals surface area contributed by atoms with E-state index < -0.39 is 12.1 Å². The molecule has 0 heterocycles. The van der Waals surface area contributed by atoms with Gasteiger partial charge in [-0.05, 0) is 83.5 Å². The second kappa shape index (κ2) is 62.6. The minimum atomic E-state index is -0.845. The fourth-order valence-corrected chi connectivity index (χ4v) is 10.1. The third-order valence-corrected chi connectivity index (χ3v) is 15.1.